The van der Waals surface area contributed by atoms with Crippen LogP contribution in [-0.4, -0.2) is 23.5 Å². The summed E-state index contributed by atoms with van der Waals surface area (Å²) in [5, 5.41) is 6.10. The van der Waals surface area contributed by atoms with Crippen molar-refractivity contribution in [3.05, 3.63) is 30.1 Å². The van der Waals surface area contributed by atoms with Crippen LogP contribution in [0.5, 0.6) is 0 Å². The molecule has 0 radical (unpaired) electrons. The van der Waals surface area contributed by atoms with Crippen LogP contribution in [0.1, 0.15) is 31.5 Å². The minimum absolute atomic E-state index is 0.0325. The van der Waals surface area contributed by atoms with Crippen LogP contribution in [0.4, 0.5) is 0 Å². The third kappa shape index (κ3) is 3.31. The second kappa shape index (κ2) is 5.07. The van der Waals surface area contributed by atoms with E-state index in [1.807, 2.05) is 25.1 Å². The lowest BCUT2D eigenvalue weighted by Crippen LogP contribution is -2.36. The molecule has 1 heterocycles. The minimum Gasteiger partial charge on any atom is -0.347 e. The summed E-state index contributed by atoms with van der Waals surface area (Å²) in [7, 11) is 0. The van der Waals surface area contributed by atoms with E-state index in [-0.39, 0.29) is 11.9 Å². The zero-order valence-electron chi connectivity index (χ0n) is 9.44. The summed E-state index contributed by atoms with van der Waals surface area (Å²) >= 11 is 0. The maximum atomic E-state index is 11.6. The Morgan fingerprint density at radius 3 is 3.00 bits per heavy atom. The molecule has 1 aliphatic carbocycles. The maximum Gasteiger partial charge on any atom is 0.234 e. The quantitative estimate of drug-likeness (QED) is 0.777. The molecule has 0 aromatic carbocycles. The first-order chi connectivity index (χ1) is 7.75. The van der Waals surface area contributed by atoms with Gasteiger partial charge in [0.15, 0.2) is 0 Å². The molecule has 2 rings (SSSR count). The molecule has 1 fully saturated rings. The molecule has 1 aromatic heterocycles. The van der Waals surface area contributed by atoms with Gasteiger partial charge in [-0.1, -0.05) is 6.07 Å². The van der Waals surface area contributed by atoms with Crippen molar-refractivity contribution >= 4 is 5.91 Å². The van der Waals surface area contributed by atoms with Crippen molar-refractivity contribution < 1.29 is 4.79 Å². The van der Waals surface area contributed by atoms with Crippen LogP contribution in [-0.2, 0) is 4.79 Å². The fourth-order valence-electron chi connectivity index (χ4n) is 1.52. The van der Waals surface area contributed by atoms with Crippen molar-refractivity contribution in [1.29, 1.82) is 0 Å². The van der Waals surface area contributed by atoms with Gasteiger partial charge in [0, 0.05) is 12.2 Å². The first-order valence-electron chi connectivity index (χ1n) is 5.69. The number of amides is 1. The Kier molecular flexibility index (Phi) is 3.51. The maximum absolute atomic E-state index is 11.6. The Bertz CT molecular complexity index is 349. The van der Waals surface area contributed by atoms with E-state index < -0.39 is 0 Å². The number of pyridine rings is 1. The summed E-state index contributed by atoms with van der Waals surface area (Å²) in [6, 6.07) is 6.24. The van der Waals surface area contributed by atoms with E-state index in [1.165, 1.54) is 12.8 Å². The van der Waals surface area contributed by atoms with Gasteiger partial charge in [-0.25, -0.2) is 0 Å². The smallest absolute Gasteiger partial charge is 0.234 e. The molecule has 1 atom stereocenters. The average Bonchev–Trinajstić information content (AvgIpc) is 3.11. The molecular formula is C12H17N3O. The Balaban J connectivity index is 1.77. The molecule has 0 saturated heterocycles. The van der Waals surface area contributed by atoms with Gasteiger partial charge in [-0.15, -0.1) is 0 Å². The summed E-state index contributed by atoms with van der Waals surface area (Å²) in [4.78, 5) is 15.8. The fraction of sp³-hybridized carbons (Fsp3) is 0.500. The first kappa shape index (κ1) is 11.1. The van der Waals surface area contributed by atoms with Crippen LogP contribution in [0, 0.1) is 0 Å². The summed E-state index contributed by atoms with van der Waals surface area (Å²) in [5.74, 6) is 0.0325. The van der Waals surface area contributed by atoms with Crippen LogP contribution in [0.15, 0.2) is 24.4 Å². The zero-order valence-corrected chi connectivity index (χ0v) is 9.44. The summed E-state index contributed by atoms with van der Waals surface area (Å²) in [5.41, 5.74) is 0.891. The molecule has 2 N–H and O–H groups in total. The van der Waals surface area contributed by atoms with Gasteiger partial charge >= 0.3 is 0 Å². The van der Waals surface area contributed by atoms with E-state index in [0.29, 0.717) is 12.6 Å². The van der Waals surface area contributed by atoms with E-state index in [2.05, 4.69) is 15.6 Å². The predicted molar refractivity (Wildman–Crippen MR) is 61.8 cm³/mol. The molecule has 0 spiro atoms. The van der Waals surface area contributed by atoms with E-state index >= 15 is 0 Å². The number of aromatic nitrogens is 1. The fourth-order valence-corrected chi connectivity index (χ4v) is 1.52. The Morgan fingerprint density at radius 1 is 1.56 bits per heavy atom. The Hall–Kier alpha value is -1.42. The highest BCUT2D eigenvalue weighted by Crippen LogP contribution is 2.18. The SMILES string of the molecule is C[C@H](NC(=O)CNC1CC1)c1ccccn1. The van der Waals surface area contributed by atoms with Crippen molar-refractivity contribution in [3.63, 3.8) is 0 Å². The van der Waals surface area contributed by atoms with Crippen LogP contribution in [0.3, 0.4) is 0 Å². The lowest BCUT2D eigenvalue weighted by atomic mass is 10.2. The molecule has 0 aliphatic heterocycles. The normalized spacial score (nSPS) is 16.8. The number of carbonyl (C=O) groups is 1. The van der Waals surface area contributed by atoms with E-state index in [0.717, 1.165) is 5.69 Å². The van der Waals surface area contributed by atoms with Crippen molar-refractivity contribution in [2.24, 2.45) is 0 Å². The lowest BCUT2D eigenvalue weighted by Gasteiger charge is -2.13. The number of nitrogens with one attached hydrogen (secondary N) is 2. The molecule has 1 saturated carbocycles. The van der Waals surface area contributed by atoms with Crippen LogP contribution in [0.2, 0.25) is 0 Å². The van der Waals surface area contributed by atoms with Crippen molar-refractivity contribution in [2.75, 3.05) is 6.54 Å². The van der Waals surface area contributed by atoms with Crippen LogP contribution >= 0.6 is 0 Å². The van der Waals surface area contributed by atoms with Gasteiger partial charge in [-0.05, 0) is 31.9 Å². The molecule has 0 unspecified atom stereocenters. The number of rotatable bonds is 5. The lowest BCUT2D eigenvalue weighted by molar-refractivity contribution is -0.120. The number of nitrogens with zero attached hydrogens (tertiary/aromatic N) is 1. The molecule has 0 bridgehead atoms. The summed E-state index contributed by atoms with van der Waals surface area (Å²) in [6.07, 6.45) is 4.13. The second-order valence-corrected chi connectivity index (χ2v) is 4.20. The third-order valence-corrected chi connectivity index (χ3v) is 2.64. The van der Waals surface area contributed by atoms with Gasteiger partial charge in [0.1, 0.15) is 0 Å². The largest absolute Gasteiger partial charge is 0.347 e. The molecule has 4 nitrogen and oxygen atoms in total. The van der Waals surface area contributed by atoms with Gasteiger partial charge < -0.3 is 10.6 Å². The molecular weight excluding hydrogens is 202 g/mol. The predicted octanol–water partition coefficient (Wildman–Crippen LogP) is 1.01. The molecule has 86 valence electrons. The highest BCUT2D eigenvalue weighted by Gasteiger charge is 2.21. The van der Waals surface area contributed by atoms with E-state index in [1.54, 1.807) is 6.20 Å². The van der Waals surface area contributed by atoms with Crippen molar-refractivity contribution in [1.82, 2.24) is 15.6 Å². The van der Waals surface area contributed by atoms with E-state index in [9.17, 15) is 4.79 Å². The number of hydrogen-bond donors (Lipinski definition) is 2. The van der Waals surface area contributed by atoms with Gasteiger partial charge in [0.25, 0.3) is 0 Å². The summed E-state index contributed by atoms with van der Waals surface area (Å²) in [6.45, 7) is 2.35. The van der Waals surface area contributed by atoms with Gasteiger partial charge in [0.2, 0.25) is 5.91 Å². The number of carbonyl (C=O) groups excluding carboxylic acids is 1. The Morgan fingerprint density at radius 2 is 2.38 bits per heavy atom. The van der Waals surface area contributed by atoms with Gasteiger partial charge in [-0.2, -0.15) is 0 Å². The molecule has 1 aromatic rings. The topological polar surface area (TPSA) is 54.0 Å². The third-order valence-electron chi connectivity index (χ3n) is 2.64. The van der Waals surface area contributed by atoms with Crippen LogP contribution < -0.4 is 10.6 Å². The standard InChI is InChI=1S/C12H17N3O/c1-9(11-4-2-3-7-13-11)15-12(16)8-14-10-5-6-10/h2-4,7,9-10,14H,5-6,8H2,1H3,(H,15,16)/t9-/m0/s1. The number of hydrogen-bond acceptors (Lipinski definition) is 3. The van der Waals surface area contributed by atoms with E-state index in [4.69, 9.17) is 0 Å². The van der Waals surface area contributed by atoms with Crippen molar-refractivity contribution in [2.45, 2.75) is 31.8 Å². The molecule has 1 amide bonds. The highest BCUT2D eigenvalue weighted by molar-refractivity contribution is 5.78. The molecule has 1 aliphatic rings. The second-order valence-electron chi connectivity index (χ2n) is 4.20. The minimum atomic E-state index is -0.0327. The van der Waals surface area contributed by atoms with Crippen LogP contribution in [0.25, 0.3) is 0 Å². The highest BCUT2D eigenvalue weighted by atomic mass is 16.2. The first-order valence-corrected chi connectivity index (χ1v) is 5.69. The van der Waals surface area contributed by atoms with Gasteiger partial charge in [-0.3, -0.25) is 9.78 Å². The van der Waals surface area contributed by atoms with Crippen molar-refractivity contribution in [3.8, 4) is 0 Å². The van der Waals surface area contributed by atoms with Gasteiger partial charge in [0.05, 0.1) is 18.3 Å². The summed E-state index contributed by atoms with van der Waals surface area (Å²) < 4.78 is 0. The monoisotopic (exact) mass is 219 g/mol. The molecule has 16 heavy (non-hydrogen) atoms. The molecule has 4 heteroatoms. The zero-order chi connectivity index (χ0) is 11.4. The average molecular weight is 219 g/mol. The Labute approximate surface area is 95.5 Å².